The van der Waals surface area contributed by atoms with Crippen molar-refractivity contribution in [2.24, 2.45) is 3.77 Å². The van der Waals surface area contributed by atoms with Gasteiger partial charge in [0.2, 0.25) is 5.44 Å². The molecule has 3 atom stereocenters. The molecule has 1 aliphatic rings. The maximum Gasteiger partial charge on any atom is 0.317 e. The molecule has 2 aromatic carbocycles. The lowest BCUT2D eigenvalue weighted by atomic mass is 10.2. The van der Waals surface area contributed by atoms with Crippen LogP contribution in [0.3, 0.4) is 0 Å². The summed E-state index contributed by atoms with van der Waals surface area (Å²) in [5, 5.41) is 0.0252. The van der Waals surface area contributed by atoms with Gasteiger partial charge in [0, 0.05) is 10.1 Å². The lowest BCUT2D eigenvalue weighted by molar-refractivity contribution is 0.243. The monoisotopic (exact) mass is 481 g/mol. The van der Waals surface area contributed by atoms with Gasteiger partial charge in [-0.05, 0) is 53.1 Å². The van der Waals surface area contributed by atoms with Crippen molar-refractivity contribution in [3.8, 4) is 0 Å². The first-order valence-electron chi connectivity index (χ1n) is 10.2. The highest BCUT2D eigenvalue weighted by atomic mass is 32.3. The number of benzene rings is 2. The van der Waals surface area contributed by atoms with E-state index in [1.807, 2.05) is 6.92 Å². The van der Waals surface area contributed by atoms with Gasteiger partial charge in [0.15, 0.2) is 14.4 Å². The van der Waals surface area contributed by atoms with Crippen LogP contribution in [0.5, 0.6) is 0 Å². The first-order chi connectivity index (χ1) is 14.3. The number of aryl methyl sites for hydroxylation is 1. The third-order valence-corrected chi connectivity index (χ3v) is 14.9. The fourth-order valence-electron chi connectivity index (χ4n) is 2.77. The lowest BCUT2D eigenvalue weighted by Gasteiger charge is -2.35. The van der Waals surface area contributed by atoms with E-state index in [1.54, 1.807) is 42.5 Å². The van der Waals surface area contributed by atoms with Crippen LogP contribution in [0, 0.1) is 6.92 Å². The van der Waals surface area contributed by atoms with Gasteiger partial charge in [-0.3, -0.25) is 0 Å². The number of hydrogen-bond acceptors (Lipinski definition) is 5. The molecule has 1 aliphatic heterocycles. The summed E-state index contributed by atoms with van der Waals surface area (Å²) in [6, 6.07) is 14.8. The molecule has 1 heterocycles. The summed E-state index contributed by atoms with van der Waals surface area (Å²) >= 11 is 0. The Labute approximate surface area is 188 Å². The van der Waals surface area contributed by atoms with Crippen LogP contribution in [0.2, 0.25) is 18.1 Å². The zero-order valence-corrected chi connectivity index (χ0v) is 21.5. The molecule has 1 saturated heterocycles. The van der Waals surface area contributed by atoms with E-state index in [-0.39, 0.29) is 16.5 Å². The number of rotatable bonds is 7. The van der Waals surface area contributed by atoms with E-state index in [4.69, 9.17) is 9.16 Å². The maximum atomic E-state index is 14.0. The van der Waals surface area contributed by atoms with Crippen molar-refractivity contribution in [1.29, 1.82) is 0 Å². The first kappa shape index (κ1) is 24.3. The van der Waals surface area contributed by atoms with Gasteiger partial charge in [-0.1, -0.05) is 56.7 Å². The fraction of sp³-hybridized carbons (Fsp3) is 0.455. The average molecular weight is 482 g/mol. The topological polar surface area (TPSA) is 91.3 Å². The van der Waals surface area contributed by atoms with Gasteiger partial charge in [-0.15, -0.1) is 0 Å². The molecule has 1 unspecified atom stereocenters. The van der Waals surface area contributed by atoms with Crippen LogP contribution in [-0.4, -0.2) is 39.4 Å². The summed E-state index contributed by atoms with van der Waals surface area (Å²) in [7, 11) is -9.55. The molecule has 0 aliphatic carbocycles. The molecule has 0 radical (unpaired) electrons. The smallest absolute Gasteiger partial charge is 0.317 e. The van der Waals surface area contributed by atoms with Crippen molar-refractivity contribution >= 4 is 28.4 Å². The van der Waals surface area contributed by atoms with Crippen LogP contribution < -0.4 is 0 Å². The van der Waals surface area contributed by atoms with E-state index in [0.717, 1.165) is 5.56 Å². The number of hydrogen-bond donors (Lipinski definition) is 0. The normalized spacial score (nSPS) is 21.4. The highest BCUT2D eigenvalue weighted by Crippen LogP contribution is 2.42. The SMILES string of the molecule is Cc1ccc(S(=O)(=O)N=[S+]([O-])(c2ccccc2)[C@@H]2O[C@H]2CO[Si](C)(C)C(C)(C)C)cc1. The zero-order valence-electron chi connectivity index (χ0n) is 18.9. The van der Waals surface area contributed by atoms with E-state index in [9.17, 15) is 13.0 Å². The van der Waals surface area contributed by atoms with Crippen LogP contribution >= 0.6 is 0 Å². The van der Waals surface area contributed by atoms with E-state index in [2.05, 4.69) is 37.6 Å². The second kappa shape index (κ2) is 8.53. The molecule has 3 rings (SSSR count). The summed E-state index contributed by atoms with van der Waals surface area (Å²) in [6.45, 7) is 12.8. The van der Waals surface area contributed by atoms with E-state index in [0.29, 0.717) is 4.90 Å². The Morgan fingerprint density at radius 3 is 2.23 bits per heavy atom. The molecule has 6 nitrogen and oxygen atoms in total. The van der Waals surface area contributed by atoms with E-state index < -0.39 is 40.0 Å². The van der Waals surface area contributed by atoms with Crippen molar-refractivity contribution in [3.63, 3.8) is 0 Å². The van der Waals surface area contributed by atoms with Crippen LogP contribution in [0.15, 0.2) is 68.2 Å². The Kier molecular flexibility index (Phi) is 6.68. The van der Waals surface area contributed by atoms with Crippen molar-refractivity contribution in [2.75, 3.05) is 6.61 Å². The van der Waals surface area contributed by atoms with E-state index >= 15 is 0 Å². The minimum atomic E-state index is -4.14. The van der Waals surface area contributed by atoms with Gasteiger partial charge in [-0.25, -0.2) is 0 Å². The van der Waals surface area contributed by atoms with Crippen molar-refractivity contribution in [1.82, 2.24) is 0 Å². The molecular formula is C22H31NO5S2Si. The Morgan fingerprint density at radius 2 is 1.68 bits per heavy atom. The first-order valence-corrected chi connectivity index (χ1v) is 16.1. The molecule has 9 heteroatoms. The summed E-state index contributed by atoms with van der Waals surface area (Å²) in [4.78, 5) is 0.349. The standard InChI is InChI=1S/C22H31NO5S2Si/c1-17-12-14-19(15-13-17)30(25,26)23-29(24,18-10-8-7-9-11-18)21-20(28-21)16-27-31(5,6)22(2,3)4/h7-15,20-21H,16H2,1-6H3/t20-,21-,29?/m0/s1. The molecule has 31 heavy (non-hydrogen) atoms. The third-order valence-electron chi connectivity index (χ3n) is 5.87. The molecule has 0 bridgehead atoms. The fourth-order valence-corrected chi connectivity index (χ4v) is 8.05. The van der Waals surface area contributed by atoms with Gasteiger partial charge in [0.25, 0.3) is 0 Å². The Balaban J connectivity index is 1.93. The van der Waals surface area contributed by atoms with Gasteiger partial charge in [-0.2, -0.15) is 8.42 Å². The van der Waals surface area contributed by atoms with Gasteiger partial charge < -0.3 is 13.7 Å². The predicted octanol–water partition coefficient (Wildman–Crippen LogP) is 4.96. The number of epoxide rings is 1. The van der Waals surface area contributed by atoms with Crippen LogP contribution in [0.1, 0.15) is 26.3 Å². The van der Waals surface area contributed by atoms with Crippen molar-refractivity contribution in [2.45, 2.75) is 67.2 Å². The highest BCUT2D eigenvalue weighted by Gasteiger charge is 2.54. The van der Waals surface area contributed by atoms with Crippen LogP contribution in [0.4, 0.5) is 0 Å². The summed E-state index contributed by atoms with van der Waals surface area (Å²) < 4.78 is 55.9. The average Bonchev–Trinajstić information content (AvgIpc) is 3.47. The second-order valence-electron chi connectivity index (χ2n) is 9.36. The highest BCUT2D eigenvalue weighted by molar-refractivity contribution is 8.07. The lowest BCUT2D eigenvalue weighted by Crippen LogP contribution is -2.42. The molecule has 0 spiro atoms. The van der Waals surface area contributed by atoms with Gasteiger partial charge in [0.1, 0.15) is 4.90 Å². The zero-order chi connectivity index (χ0) is 23.1. The second-order valence-corrected chi connectivity index (χ2v) is 18.3. The summed E-state index contributed by atoms with van der Waals surface area (Å²) in [6.07, 6.45) is -0.459. The Morgan fingerprint density at radius 1 is 1.10 bits per heavy atom. The molecule has 0 saturated carbocycles. The maximum absolute atomic E-state index is 14.0. The Bertz CT molecular complexity index is 1080. The van der Waals surface area contributed by atoms with Crippen molar-refractivity contribution in [3.05, 3.63) is 60.2 Å². The minimum Gasteiger partial charge on any atom is -0.623 e. The molecule has 0 aromatic heterocycles. The van der Waals surface area contributed by atoms with Gasteiger partial charge in [0.05, 0.1) is 11.5 Å². The van der Waals surface area contributed by atoms with Crippen LogP contribution in [0.25, 0.3) is 0 Å². The quantitative estimate of drug-likeness (QED) is 0.317. The van der Waals surface area contributed by atoms with Gasteiger partial charge >= 0.3 is 10.0 Å². The van der Waals surface area contributed by atoms with Crippen LogP contribution in [-0.2, 0) is 29.3 Å². The third kappa shape index (κ3) is 5.35. The molecular weight excluding hydrogens is 450 g/mol. The van der Waals surface area contributed by atoms with E-state index in [1.165, 1.54) is 12.1 Å². The molecule has 2 aromatic rings. The molecule has 170 valence electrons. The molecule has 0 amide bonds. The van der Waals surface area contributed by atoms with Crippen molar-refractivity contribution < 1.29 is 22.1 Å². The molecule has 0 N–H and O–H groups in total. The minimum absolute atomic E-state index is 0.0106. The number of sulfonamides is 1. The summed E-state index contributed by atoms with van der Waals surface area (Å²) in [5.74, 6) is 0. The summed E-state index contributed by atoms with van der Waals surface area (Å²) in [5.41, 5.74) is 0.0935. The Hall–Kier alpha value is -1.36. The molecule has 1 fully saturated rings. The number of nitrogens with zero attached hydrogens (tertiary/aromatic N) is 1. The number of ether oxygens (including phenoxy) is 1. The largest absolute Gasteiger partial charge is 0.623 e. The predicted molar refractivity (Wildman–Crippen MR) is 125 cm³/mol.